The topological polar surface area (TPSA) is 155 Å². The number of carbonyl (C=O) groups is 4. The summed E-state index contributed by atoms with van der Waals surface area (Å²) in [6.45, 7) is 12.3. The van der Waals surface area contributed by atoms with Crippen LogP contribution >= 0.6 is 0 Å². The van der Waals surface area contributed by atoms with Crippen molar-refractivity contribution in [3.8, 4) is 0 Å². The number of hydrogen-bond acceptors (Lipinski definition) is 10. The average Bonchev–Trinajstić information content (AvgIpc) is 2.75. The largest absolute Gasteiger partial charge is 0.454 e. The summed E-state index contributed by atoms with van der Waals surface area (Å²) in [4.78, 5) is 57.9. The van der Waals surface area contributed by atoms with E-state index in [1.54, 1.807) is 65.8 Å². The van der Waals surface area contributed by atoms with E-state index in [0.29, 0.717) is 11.0 Å². The second-order valence-corrected chi connectivity index (χ2v) is 10.4. The van der Waals surface area contributed by atoms with E-state index in [1.807, 2.05) is 0 Å². The lowest BCUT2D eigenvalue weighted by Crippen LogP contribution is -2.37. The predicted octanol–water partition coefficient (Wildman–Crippen LogP) is 3.89. The molecule has 1 aromatic carbocycles. The Morgan fingerprint density at radius 1 is 0.711 bits per heavy atom. The second kappa shape index (κ2) is 12.5. The number of ether oxygens (including phenoxy) is 4. The van der Waals surface area contributed by atoms with Gasteiger partial charge in [-0.25, -0.2) is 19.6 Å². The third kappa shape index (κ3) is 10.2. The van der Waals surface area contributed by atoms with Crippen molar-refractivity contribution >= 4 is 35.2 Å². The lowest BCUT2D eigenvalue weighted by Gasteiger charge is -2.25. The van der Waals surface area contributed by atoms with Gasteiger partial charge >= 0.3 is 24.1 Å². The molecule has 12 heteroatoms. The van der Waals surface area contributed by atoms with Gasteiger partial charge in [0.25, 0.3) is 0 Å². The number of hydrogen-bond donors (Lipinski definition) is 2. The molecule has 38 heavy (non-hydrogen) atoms. The van der Waals surface area contributed by atoms with Gasteiger partial charge in [0.2, 0.25) is 0 Å². The number of para-hydroxylation sites is 2. The standard InChI is InChI=1S/C26H36N4O8/c1-15(31)35-19(13-27-23(33)37-25(3,4)5)21-22(30-18-12-10-9-11-17(18)29-21)20(36-16(2)32)14-28-24(34)38-26(6,7)8/h9-12,19-20H,13-14H2,1-8H3,(H,27,33)(H,28,34)/t19-,20-/m1/s1. The molecule has 2 atom stereocenters. The van der Waals surface area contributed by atoms with Crippen molar-refractivity contribution in [2.24, 2.45) is 0 Å². The molecule has 0 aliphatic rings. The van der Waals surface area contributed by atoms with Crippen molar-refractivity contribution in [3.05, 3.63) is 35.7 Å². The molecule has 0 saturated heterocycles. The monoisotopic (exact) mass is 532 g/mol. The van der Waals surface area contributed by atoms with Crippen LogP contribution in [0.15, 0.2) is 24.3 Å². The van der Waals surface area contributed by atoms with Crippen molar-refractivity contribution in [2.45, 2.75) is 78.8 Å². The molecule has 0 aliphatic carbocycles. The number of rotatable bonds is 8. The van der Waals surface area contributed by atoms with Crippen LogP contribution in [0.3, 0.4) is 0 Å². The molecule has 208 valence electrons. The van der Waals surface area contributed by atoms with Crippen LogP contribution in [0.5, 0.6) is 0 Å². The molecule has 1 aromatic heterocycles. The number of alkyl carbamates (subject to hydrolysis) is 2. The second-order valence-electron chi connectivity index (χ2n) is 10.4. The molecule has 0 radical (unpaired) electrons. The SMILES string of the molecule is CC(=O)O[C@H](CNC(=O)OC(C)(C)C)c1nc2ccccc2nc1[C@@H](CNC(=O)OC(C)(C)C)OC(C)=O. The number of benzene rings is 1. The summed E-state index contributed by atoms with van der Waals surface area (Å²) in [5.41, 5.74) is -0.283. The molecule has 2 aromatic rings. The van der Waals surface area contributed by atoms with Crippen molar-refractivity contribution in [1.29, 1.82) is 0 Å². The molecular weight excluding hydrogens is 496 g/mol. The summed E-state index contributed by atoms with van der Waals surface area (Å²) in [5, 5.41) is 5.14. The summed E-state index contributed by atoms with van der Waals surface area (Å²) in [6.07, 6.45) is -3.69. The number of nitrogens with zero attached hydrogens (tertiary/aromatic N) is 2. The highest BCUT2D eigenvalue weighted by molar-refractivity contribution is 5.75. The Morgan fingerprint density at radius 3 is 1.34 bits per heavy atom. The van der Waals surface area contributed by atoms with E-state index in [4.69, 9.17) is 18.9 Å². The molecule has 2 N–H and O–H groups in total. The van der Waals surface area contributed by atoms with Crippen LogP contribution in [0, 0.1) is 0 Å². The van der Waals surface area contributed by atoms with Gasteiger partial charge in [0.1, 0.15) is 22.6 Å². The fourth-order valence-electron chi connectivity index (χ4n) is 3.27. The summed E-state index contributed by atoms with van der Waals surface area (Å²) in [7, 11) is 0. The Morgan fingerprint density at radius 2 is 1.05 bits per heavy atom. The lowest BCUT2D eigenvalue weighted by molar-refractivity contribution is -0.149. The molecule has 0 aliphatic heterocycles. The summed E-state index contributed by atoms with van der Waals surface area (Å²) in [6, 6.07) is 6.94. The Kier molecular flexibility index (Phi) is 9.97. The molecule has 0 unspecified atom stereocenters. The molecular formula is C26H36N4O8. The molecule has 1 heterocycles. The Hall–Kier alpha value is -3.96. The van der Waals surface area contributed by atoms with E-state index in [0.717, 1.165) is 0 Å². The van der Waals surface area contributed by atoms with Crippen LogP contribution in [0.2, 0.25) is 0 Å². The van der Waals surface area contributed by atoms with Gasteiger partial charge in [-0.15, -0.1) is 0 Å². The zero-order valence-corrected chi connectivity index (χ0v) is 23.0. The third-order valence-corrected chi connectivity index (χ3v) is 4.51. The lowest BCUT2D eigenvalue weighted by atomic mass is 10.1. The zero-order chi connectivity index (χ0) is 28.7. The van der Waals surface area contributed by atoms with Crippen molar-refractivity contribution < 1.29 is 38.1 Å². The van der Waals surface area contributed by atoms with Gasteiger partial charge in [-0.05, 0) is 53.7 Å². The van der Waals surface area contributed by atoms with Gasteiger partial charge in [-0.3, -0.25) is 9.59 Å². The molecule has 0 fully saturated rings. The third-order valence-electron chi connectivity index (χ3n) is 4.51. The summed E-state index contributed by atoms with van der Waals surface area (Å²) >= 11 is 0. The van der Waals surface area contributed by atoms with E-state index in [9.17, 15) is 19.2 Å². The fraction of sp³-hybridized carbons (Fsp3) is 0.538. The van der Waals surface area contributed by atoms with Crippen LogP contribution in [0.25, 0.3) is 11.0 Å². The van der Waals surface area contributed by atoms with Gasteiger partial charge < -0.3 is 29.6 Å². The predicted molar refractivity (Wildman–Crippen MR) is 137 cm³/mol. The molecule has 0 spiro atoms. The molecule has 0 saturated carbocycles. The molecule has 0 bridgehead atoms. The van der Waals surface area contributed by atoms with Crippen LogP contribution in [-0.4, -0.2) is 58.4 Å². The van der Waals surface area contributed by atoms with E-state index >= 15 is 0 Å². The van der Waals surface area contributed by atoms with Crippen LogP contribution in [0.1, 0.15) is 79.0 Å². The van der Waals surface area contributed by atoms with E-state index in [1.165, 1.54) is 13.8 Å². The Labute approximate surface area is 221 Å². The normalized spacial score (nSPS) is 13.2. The minimum Gasteiger partial charge on any atom is -0.454 e. The zero-order valence-electron chi connectivity index (χ0n) is 23.0. The highest BCUT2D eigenvalue weighted by Gasteiger charge is 2.30. The maximum absolute atomic E-state index is 12.3. The van der Waals surface area contributed by atoms with Crippen molar-refractivity contribution in [1.82, 2.24) is 20.6 Å². The number of nitrogens with one attached hydrogen (secondary N) is 2. The summed E-state index contributed by atoms with van der Waals surface area (Å²) < 4.78 is 21.5. The van der Waals surface area contributed by atoms with Crippen LogP contribution < -0.4 is 10.6 Å². The Balaban J connectivity index is 2.51. The number of aromatic nitrogens is 2. The van der Waals surface area contributed by atoms with Gasteiger partial charge in [-0.2, -0.15) is 0 Å². The van der Waals surface area contributed by atoms with Crippen molar-refractivity contribution in [2.75, 3.05) is 13.1 Å². The number of fused-ring (bicyclic) bond motifs is 1. The van der Waals surface area contributed by atoms with E-state index < -0.39 is 47.5 Å². The molecule has 12 nitrogen and oxygen atoms in total. The highest BCUT2D eigenvalue weighted by Crippen LogP contribution is 2.28. The van der Waals surface area contributed by atoms with Gasteiger partial charge in [-0.1, -0.05) is 12.1 Å². The quantitative estimate of drug-likeness (QED) is 0.378. The smallest absolute Gasteiger partial charge is 0.407 e. The van der Waals surface area contributed by atoms with Gasteiger partial charge in [0, 0.05) is 13.8 Å². The average molecular weight is 533 g/mol. The first-order chi connectivity index (χ1) is 17.5. The van der Waals surface area contributed by atoms with Crippen molar-refractivity contribution in [3.63, 3.8) is 0 Å². The van der Waals surface area contributed by atoms with Gasteiger partial charge in [0.05, 0.1) is 24.1 Å². The molecule has 2 amide bonds. The maximum atomic E-state index is 12.3. The number of carbonyl (C=O) groups excluding carboxylic acids is 4. The first-order valence-electron chi connectivity index (χ1n) is 12.1. The maximum Gasteiger partial charge on any atom is 0.407 e. The van der Waals surface area contributed by atoms with Crippen LogP contribution in [0.4, 0.5) is 9.59 Å². The first-order valence-corrected chi connectivity index (χ1v) is 12.1. The first kappa shape index (κ1) is 30.3. The number of amides is 2. The number of esters is 2. The van der Waals surface area contributed by atoms with E-state index in [2.05, 4.69) is 20.6 Å². The minimum atomic E-state index is -1.12. The minimum absolute atomic E-state index is 0.132. The fourth-order valence-corrected chi connectivity index (χ4v) is 3.27. The summed E-state index contributed by atoms with van der Waals surface area (Å²) in [5.74, 6) is -1.28. The van der Waals surface area contributed by atoms with Gasteiger partial charge in [0.15, 0.2) is 12.2 Å². The Bertz CT molecular complexity index is 1080. The van der Waals surface area contributed by atoms with E-state index in [-0.39, 0.29) is 24.5 Å². The molecule has 2 rings (SSSR count). The van der Waals surface area contributed by atoms with Crippen LogP contribution in [-0.2, 0) is 28.5 Å². The highest BCUT2D eigenvalue weighted by atomic mass is 16.6.